The van der Waals surface area contributed by atoms with Crippen LogP contribution in [0.4, 0.5) is 5.69 Å². The van der Waals surface area contributed by atoms with E-state index in [-0.39, 0.29) is 10.8 Å². The first-order valence-corrected chi connectivity index (χ1v) is 8.46. The highest BCUT2D eigenvalue weighted by molar-refractivity contribution is 7.16. The Kier molecular flexibility index (Phi) is 4.59. The third-order valence-corrected chi connectivity index (χ3v) is 4.80. The van der Waals surface area contributed by atoms with Gasteiger partial charge in [0.1, 0.15) is 5.75 Å². The zero-order valence-electron chi connectivity index (χ0n) is 13.1. The van der Waals surface area contributed by atoms with Crippen LogP contribution in [0.5, 0.6) is 5.75 Å². The largest absolute Gasteiger partial charge is 0.481 e. The molecule has 3 aromatic rings. The number of amides is 1. The molecule has 0 saturated carbocycles. The van der Waals surface area contributed by atoms with E-state index in [0.29, 0.717) is 16.5 Å². The van der Waals surface area contributed by atoms with E-state index >= 15 is 0 Å². The number of hydrogen-bond donors (Lipinski definition) is 1. The summed E-state index contributed by atoms with van der Waals surface area (Å²) in [7, 11) is 1.72. The standard InChI is InChI=1S/C17H15ClN2O3S/c1-10(23-13-6-3-11(18)4-7-13)16(21)19-12-5-8-14-15(9-12)24-17(22)20(14)2/h3-10H,1-2H3,(H,19,21)/t10-/m1/s1. The molecule has 1 atom stereocenters. The molecule has 0 spiro atoms. The molecule has 0 aliphatic heterocycles. The number of benzene rings is 2. The Morgan fingerprint density at radius 3 is 2.67 bits per heavy atom. The lowest BCUT2D eigenvalue weighted by atomic mass is 10.2. The van der Waals surface area contributed by atoms with Gasteiger partial charge in [0.25, 0.3) is 5.91 Å². The van der Waals surface area contributed by atoms with Crippen molar-refractivity contribution in [2.24, 2.45) is 7.05 Å². The van der Waals surface area contributed by atoms with Crippen LogP contribution in [0, 0.1) is 0 Å². The summed E-state index contributed by atoms with van der Waals surface area (Å²) in [6, 6.07) is 12.2. The van der Waals surface area contributed by atoms with Crippen molar-refractivity contribution in [2.45, 2.75) is 13.0 Å². The minimum Gasteiger partial charge on any atom is -0.481 e. The van der Waals surface area contributed by atoms with Gasteiger partial charge in [0, 0.05) is 17.8 Å². The van der Waals surface area contributed by atoms with Crippen LogP contribution in [0.15, 0.2) is 47.3 Å². The second-order valence-corrected chi connectivity index (χ2v) is 6.74. The second-order valence-electron chi connectivity index (χ2n) is 5.31. The zero-order valence-corrected chi connectivity index (χ0v) is 14.6. The van der Waals surface area contributed by atoms with Gasteiger partial charge in [-0.15, -0.1) is 0 Å². The Morgan fingerprint density at radius 1 is 1.25 bits per heavy atom. The van der Waals surface area contributed by atoms with Gasteiger partial charge in [-0.1, -0.05) is 22.9 Å². The number of hydrogen-bond acceptors (Lipinski definition) is 4. The quantitative estimate of drug-likeness (QED) is 0.770. The minimum absolute atomic E-state index is 0.0343. The molecule has 0 radical (unpaired) electrons. The third kappa shape index (κ3) is 3.44. The number of rotatable bonds is 4. The van der Waals surface area contributed by atoms with Gasteiger partial charge in [-0.3, -0.25) is 9.59 Å². The third-order valence-electron chi connectivity index (χ3n) is 3.56. The van der Waals surface area contributed by atoms with E-state index in [2.05, 4.69) is 5.32 Å². The topological polar surface area (TPSA) is 60.3 Å². The first-order valence-electron chi connectivity index (χ1n) is 7.27. The fourth-order valence-electron chi connectivity index (χ4n) is 2.23. The average molecular weight is 363 g/mol. The molecule has 2 aromatic carbocycles. The van der Waals surface area contributed by atoms with Crippen LogP contribution in [0.3, 0.4) is 0 Å². The zero-order chi connectivity index (χ0) is 17.3. The van der Waals surface area contributed by atoms with E-state index in [1.807, 2.05) is 6.07 Å². The Labute approximate surface area is 147 Å². The van der Waals surface area contributed by atoms with Crippen LogP contribution >= 0.6 is 22.9 Å². The summed E-state index contributed by atoms with van der Waals surface area (Å²) in [6.45, 7) is 1.67. The van der Waals surface area contributed by atoms with Crippen molar-refractivity contribution < 1.29 is 9.53 Å². The predicted molar refractivity (Wildman–Crippen MR) is 97.2 cm³/mol. The van der Waals surface area contributed by atoms with Gasteiger partial charge in [0.15, 0.2) is 6.10 Å². The fourth-order valence-corrected chi connectivity index (χ4v) is 3.27. The first kappa shape index (κ1) is 16.5. The van der Waals surface area contributed by atoms with Crippen molar-refractivity contribution in [3.05, 3.63) is 57.2 Å². The second kappa shape index (κ2) is 6.67. The van der Waals surface area contributed by atoms with Crippen molar-refractivity contribution >= 4 is 44.7 Å². The van der Waals surface area contributed by atoms with Gasteiger partial charge >= 0.3 is 4.87 Å². The number of carbonyl (C=O) groups is 1. The van der Waals surface area contributed by atoms with Gasteiger partial charge in [0.05, 0.1) is 10.2 Å². The molecule has 1 amide bonds. The van der Waals surface area contributed by atoms with E-state index < -0.39 is 6.10 Å². The summed E-state index contributed by atoms with van der Waals surface area (Å²) in [6.07, 6.45) is -0.670. The summed E-state index contributed by atoms with van der Waals surface area (Å²) in [5, 5.41) is 3.41. The lowest BCUT2D eigenvalue weighted by molar-refractivity contribution is -0.122. The summed E-state index contributed by atoms with van der Waals surface area (Å²) in [4.78, 5) is 23.9. The molecule has 1 aromatic heterocycles. The Hall–Kier alpha value is -2.31. The maximum absolute atomic E-state index is 12.3. The number of nitrogens with zero attached hydrogens (tertiary/aromatic N) is 1. The number of ether oxygens (including phenoxy) is 1. The SMILES string of the molecule is C[C@@H](Oc1ccc(Cl)cc1)C(=O)Nc1ccc2c(c1)sc(=O)n2C. The van der Waals surface area contributed by atoms with E-state index in [1.165, 1.54) is 0 Å². The smallest absolute Gasteiger partial charge is 0.307 e. The van der Waals surface area contributed by atoms with Gasteiger partial charge < -0.3 is 14.6 Å². The summed E-state index contributed by atoms with van der Waals surface area (Å²) in [5.74, 6) is 0.298. The number of aryl methyl sites for hydroxylation is 1. The lowest BCUT2D eigenvalue weighted by Crippen LogP contribution is -2.30. The highest BCUT2D eigenvalue weighted by Gasteiger charge is 2.15. The molecule has 1 heterocycles. The number of thiazole rings is 1. The minimum atomic E-state index is -0.670. The average Bonchev–Trinajstić information content (AvgIpc) is 2.83. The van der Waals surface area contributed by atoms with E-state index in [4.69, 9.17) is 16.3 Å². The van der Waals surface area contributed by atoms with Crippen molar-refractivity contribution in [3.8, 4) is 5.75 Å². The van der Waals surface area contributed by atoms with E-state index in [9.17, 15) is 9.59 Å². The molecule has 7 heteroatoms. The first-order chi connectivity index (χ1) is 11.4. The maximum Gasteiger partial charge on any atom is 0.307 e. The summed E-state index contributed by atoms with van der Waals surface area (Å²) >= 11 is 6.97. The molecule has 0 aliphatic carbocycles. The molecule has 1 N–H and O–H groups in total. The van der Waals surface area contributed by atoms with Gasteiger partial charge in [-0.25, -0.2) is 0 Å². The normalized spacial score (nSPS) is 12.1. The van der Waals surface area contributed by atoms with Gasteiger partial charge in [-0.2, -0.15) is 0 Å². The number of nitrogens with one attached hydrogen (secondary N) is 1. The number of anilines is 1. The van der Waals surface area contributed by atoms with E-state index in [1.54, 1.807) is 54.9 Å². The molecule has 0 bridgehead atoms. The number of carbonyl (C=O) groups excluding carboxylic acids is 1. The highest BCUT2D eigenvalue weighted by atomic mass is 35.5. The van der Waals surface area contributed by atoms with Gasteiger partial charge in [0.2, 0.25) is 0 Å². The molecular weight excluding hydrogens is 348 g/mol. The van der Waals surface area contributed by atoms with Crippen LogP contribution in [0.25, 0.3) is 10.2 Å². The highest BCUT2D eigenvalue weighted by Crippen LogP contribution is 2.22. The van der Waals surface area contributed by atoms with Crippen molar-refractivity contribution in [2.75, 3.05) is 5.32 Å². The molecule has 124 valence electrons. The summed E-state index contributed by atoms with van der Waals surface area (Å²) in [5.41, 5.74) is 1.47. The van der Waals surface area contributed by atoms with Crippen LogP contribution in [-0.2, 0) is 11.8 Å². The van der Waals surface area contributed by atoms with Crippen LogP contribution in [0.1, 0.15) is 6.92 Å². The van der Waals surface area contributed by atoms with Crippen molar-refractivity contribution in [1.29, 1.82) is 0 Å². The Bertz CT molecular complexity index is 947. The maximum atomic E-state index is 12.3. The van der Waals surface area contributed by atoms with Crippen molar-refractivity contribution in [3.63, 3.8) is 0 Å². The fraction of sp³-hybridized carbons (Fsp3) is 0.176. The van der Waals surface area contributed by atoms with Crippen LogP contribution in [0.2, 0.25) is 5.02 Å². The molecule has 0 fully saturated rings. The number of aromatic nitrogens is 1. The summed E-state index contributed by atoms with van der Waals surface area (Å²) < 4.78 is 8.00. The van der Waals surface area contributed by atoms with Gasteiger partial charge in [-0.05, 0) is 49.4 Å². The molecule has 24 heavy (non-hydrogen) atoms. The molecule has 3 rings (SSSR count). The lowest BCUT2D eigenvalue weighted by Gasteiger charge is -2.14. The Balaban J connectivity index is 1.71. The molecule has 0 aliphatic rings. The number of halogens is 1. The monoisotopic (exact) mass is 362 g/mol. The molecule has 5 nitrogen and oxygen atoms in total. The molecule has 0 saturated heterocycles. The molecular formula is C17H15ClN2O3S. The molecule has 0 unspecified atom stereocenters. The van der Waals surface area contributed by atoms with Crippen LogP contribution < -0.4 is 14.9 Å². The van der Waals surface area contributed by atoms with Crippen molar-refractivity contribution in [1.82, 2.24) is 4.57 Å². The predicted octanol–water partition coefficient (Wildman–Crippen LogP) is 3.66. The van der Waals surface area contributed by atoms with E-state index in [0.717, 1.165) is 21.6 Å². The Morgan fingerprint density at radius 2 is 1.96 bits per heavy atom. The number of fused-ring (bicyclic) bond motifs is 1. The van der Waals surface area contributed by atoms with Crippen LogP contribution in [-0.4, -0.2) is 16.6 Å².